The summed E-state index contributed by atoms with van der Waals surface area (Å²) in [6.07, 6.45) is 4.60. The van der Waals surface area contributed by atoms with Gasteiger partial charge in [-0.05, 0) is 36.6 Å². The molecule has 1 aliphatic rings. The molecule has 0 heterocycles. The zero-order valence-corrected chi connectivity index (χ0v) is 13.5. The van der Waals surface area contributed by atoms with Crippen LogP contribution in [0.15, 0.2) is 47.6 Å². The van der Waals surface area contributed by atoms with Crippen molar-refractivity contribution in [1.29, 1.82) is 0 Å². The third-order valence-electron chi connectivity index (χ3n) is 4.44. The number of rotatable bonds is 4. The zero-order valence-electron chi connectivity index (χ0n) is 13.5. The van der Waals surface area contributed by atoms with Crippen molar-refractivity contribution < 1.29 is 4.79 Å². The van der Waals surface area contributed by atoms with Gasteiger partial charge in [0.05, 0.1) is 6.54 Å². The highest BCUT2D eigenvalue weighted by Gasteiger charge is 2.16. The second-order valence-electron chi connectivity index (χ2n) is 6.17. The molecule has 1 atom stereocenters. The molecule has 2 aromatic carbocycles. The molecule has 2 N–H and O–H groups in total. The van der Waals surface area contributed by atoms with Gasteiger partial charge in [-0.25, -0.2) is 5.43 Å². The molecule has 3 rings (SSSR count). The lowest BCUT2D eigenvalue weighted by Crippen LogP contribution is -2.29. The van der Waals surface area contributed by atoms with E-state index >= 15 is 0 Å². The maximum Gasteiger partial charge on any atom is 0.259 e. The number of amides is 1. The van der Waals surface area contributed by atoms with E-state index < -0.39 is 0 Å². The van der Waals surface area contributed by atoms with Gasteiger partial charge in [-0.3, -0.25) is 4.79 Å². The molecule has 0 saturated heterocycles. The maximum absolute atomic E-state index is 12.0. The lowest BCUT2D eigenvalue weighted by molar-refractivity contribution is -0.119. The molecule has 0 aromatic heterocycles. The molecule has 0 bridgehead atoms. The Morgan fingerprint density at radius 3 is 2.87 bits per heavy atom. The van der Waals surface area contributed by atoms with E-state index in [0.717, 1.165) is 28.6 Å². The highest BCUT2D eigenvalue weighted by atomic mass is 16.2. The van der Waals surface area contributed by atoms with Crippen molar-refractivity contribution in [3.8, 4) is 0 Å². The van der Waals surface area contributed by atoms with E-state index in [-0.39, 0.29) is 12.5 Å². The summed E-state index contributed by atoms with van der Waals surface area (Å²) in [6, 6.07) is 14.2. The van der Waals surface area contributed by atoms with Crippen LogP contribution in [0.5, 0.6) is 0 Å². The molecular weight excluding hydrogens is 286 g/mol. The lowest BCUT2D eigenvalue weighted by atomic mass is 9.89. The molecule has 1 unspecified atom stereocenters. The summed E-state index contributed by atoms with van der Waals surface area (Å²) in [5.41, 5.74) is 4.78. The summed E-state index contributed by atoms with van der Waals surface area (Å²) >= 11 is 0. The van der Waals surface area contributed by atoms with Crippen molar-refractivity contribution in [3.63, 3.8) is 0 Å². The predicted octanol–water partition coefficient (Wildman–Crippen LogP) is 3.93. The fraction of sp³-hybridized carbons (Fsp3) is 0.368. The van der Waals surface area contributed by atoms with E-state index in [1.54, 1.807) is 0 Å². The number of carbonyl (C=O) groups is 1. The number of hydrogen-bond donors (Lipinski definition) is 2. The number of benzene rings is 2. The summed E-state index contributed by atoms with van der Waals surface area (Å²) in [6.45, 7) is 2.40. The Hall–Kier alpha value is -2.36. The normalized spacial score (nSPS) is 19.7. The summed E-state index contributed by atoms with van der Waals surface area (Å²) in [5.74, 6) is 0.373. The number of nitrogens with zero attached hydrogens (tertiary/aromatic N) is 1. The molecule has 1 amide bonds. The molecule has 0 radical (unpaired) electrons. The lowest BCUT2D eigenvalue weighted by Gasteiger charge is -2.19. The molecule has 0 aliphatic heterocycles. The Morgan fingerprint density at radius 2 is 2.00 bits per heavy atom. The van der Waals surface area contributed by atoms with E-state index in [9.17, 15) is 4.79 Å². The van der Waals surface area contributed by atoms with E-state index in [1.807, 2.05) is 24.3 Å². The second kappa shape index (κ2) is 7.27. The van der Waals surface area contributed by atoms with Gasteiger partial charge >= 0.3 is 0 Å². The molecule has 4 heteroatoms. The van der Waals surface area contributed by atoms with E-state index in [0.29, 0.717) is 5.92 Å². The Kier molecular flexibility index (Phi) is 4.91. The van der Waals surface area contributed by atoms with Crippen LogP contribution in [0.1, 0.15) is 32.6 Å². The van der Waals surface area contributed by atoms with Crippen LogP contribution in [0.25, 0.3) is 10.8 Å². The average Bonchev–Trinajstić information content (AvgIpc) is 2.59. The van der Waals surface area contributed by atoms with E-state index in [2.05, 4.69) is 41.0 Å². The Bertz CT molecular complexity index is 718. The van der Waals surface area contributed by atoms with Crippen LogP contribution in [0.2, 0.25) is 0 Å². The van der Waals surface area contributed by atoms with Crippen LogP contribution < -0.4 is 10.7 Å². The fourth-order valence-electron chi connectivity index (χ4n) is 3.06. The first-order chi connectivity index (χ1) is 11.2. The first-order valence-corrected chi connectivity index (χ1v) is 8.31. The number of carbonyl (C=O) groups excluding carboxylic acids is 1. The van der Waals surface area contributed by atoms with Gasteiger partial charge in [0, 0.05) is 16.8 Å². The van der Waals surface area contributed by atoms with Crippen LogP contribution in [0, 0.1) is 5.92 Å². The van der Waals surface area contributed by atoms with Gasteiger partial charge in [0.1, 0.15) is 0 Å². The van der Waals surface area contributed by atoms with Gasteiger partial charge in [-0.2, -0.15) is 5.10 Å². The third-order valence-corrected chi connectivity index (χ3v) is 4.44. The summed E-state index contributed by atoms with van der Waals surface area (Å²) < 4.78 is 0. The van der Waals surface area contributed by atoms with Crippen LogP contribution in [-0.4, -0.2) is 18.2 Å². The third kappa shape index (κ3) is 3.89. The van der Waals surface area contributed by atoms with Crippen LogP contribution in [0.4, 0.5) is 5.69 Å². The van der Waals surface area contributed by atoms with Crippen LogP contribution in [0.3, 0.4) is 0 Å². The average molecular weight is 309 g/mol. The van der Waals surface area contributed by atoms with Crippen molar-refractivity contribution in [1.82, 2.24) is 5.43 Å². The maximum atomic E-state index is 12.0. The molecule has 4 nitrogen and oxygen atoms in total. The monoisotopic (exact) mass is 309 g/mol. The molecular formula is C19H23N3O. The quantitative estimate of drug-likeness (QED) is 0.841. The first kappa shape index (κ1) is 15.5. The van der Waals surface area contributed by atoms with Crippen molar-refractivity contribution in [2.45, 2.75) is 32.6 Å². The van der Waals surface area contributed by atoms with E-state index in [1.165, 1.54) is 19.3 Å². The minimum Gasteiger partial charge on any atom is -0.376 e. The van der Waals surface area contributed by atoms with Gasteiger partial charge in [0.2, 0.25) is 0 Å². The topological polar surface area (TPSA) is 53.5 Å². The largest absolute Gasteiger partial charge is 0.376 e. The molecule has 0 spiro atoms. The van der Waals surface area contributed by atoms with Crippen LogP contribution in [-0.2, 0) is 4.79 Å². The smallest absolute Gasteiger partial charge is 0.259 e. The molecule has 23 heavy (non-hydrogen) atoms. The minimum atomic E-state index is -0.108. The number of fused-ring (bicyclic) bond motifs is 1. The zero-order chi connectivity index (χ0) is 16.1. The summed E-state index contributed by atoms with van der Waals surface area (Å²) in [4.78, 5) is 12.0. The summed E-state index contributed by atoms with van der Waals surface area (Å²) in [7, 11) is 0. The number of hydrazone groups is 1. The van der Waals surface area contributed by atoms with Gasteiger partial charge in [0.15, 0.2) is 0 Å². The standard InChI is InChI=1S/C19H23N3O/c1-14-7-2-5-11-17(14)21-22-19(23)13-20-18-12-6-9-15-8-3-4-10-16(15)18/h3-4,6,8-10,12,14,20H,2,5,7,11,13H2,1H3,(H,22,23). The number of anilines is 1. The molecule has 1 fully saturated rings. The first-order valence-electron chi connectivity index (χ1n) is 8.31. The molecule has 120 valence electrons. The Balaban J connectivity index is 1.59. The fourth-order valence-corrected chi connectivity index (χ4v) is 3.06. The van der Waals surface area contributed by atoms with Gasteiger partial charge in [-0.15, -0.1) is 0 Å². The predicted molar refractivity (Wildman–Crippen MR) is 95.6 cm³/mol. The molecule has 2 aromatic rings. The molecule has 1 aliphatic carbocycles. The SMILES string of the molecule is CC1CCCCC1=NNC(=O)CNc1cccc2ccccc12. The second-order valence-corrected chi connectivity index (χ2v) is 6.17. The van der Waals surface area contributed by atoms with Gasteiger partial charge < -0.3 is 5.32 Å². The Labute approximate surface area is 137 Å². The van der Waals surface area contributed by atoms with Gasteiger partial charge in [-0.1, -0.05) is 49.7 Å². The highest BCUT2D eigenvalue weighted by molar-refractivity contribution is 5.95. The highest BCUT2D eigenvalue weighted by Crippen LogP contribution is 2.23. The van der Waals surface area contributed by atoms with Gasteiger partial charge in [0.25, 0.3) is 5.91 Å². The van der Waals surface area contributed by atoms with Crippen molar-refractivity contribution in [2.75, 3.05) is 11.9 Å². The van der Waals surface area contributed by atoms with Crippen LogP contribution >= 0.6 is 0 Å². The van der Waals surface area contributed by atoms with Crippen molar-refractivity contribution in [3.05, 3.63) is 42.5 Å². The minimum absolute atomic E-state index is 0.108. The number of hydrogen-bond acceptors (Lipinski definition) is 3. The summed E-state index contributed by atoms with van der Waals surface area (Å²) in [5, 5.41) is 9.80. The van der Waals surface area contributed by atoms with Crippen molar-refractivity contribution in [2.24, 2.45) is 11.0 Å². The number of nitrogens with one attached hydrogen (secondary N) is 2. The van der Waals surface area contributed by atoms with E-state index in [4.69, 9.17) is 0 Å². The molecule has 1 saturated carbocycles. The van der Waals surface area contributed by atoms with Crippen molar-refractivity contribution >= 4 is 28.1 Å². The Morgan fingerprint density at radius 1 is 1.17 bits per heavy atom.